The van der Waals surface area contributed by atoms with E-state index in [1.165, 1.54) is 70.6 Å². The number of carbonyl (C=O) groups is 3. The SMILES string of the molecule is CC/C=C\C/C=C\C/C=C\C/C=C\C/C=C\C/C=C\CCCCCCCCCCCCC(=O)OCC(O)COP(=O)(O)OCC(O)COP(=O)(O)OCC(COC(=O)CCCCCCC/C=C\C/C=C\C/C=C\C/C=C\C/C=C\CC)OC(=O)CCCCCCCCCCCCC. The van der Waals surface area contributed by atoms with Crippen molar-refractivity contribution < 1.29 is 75.8 Å². The Balaban J connectivity index is 4.48. The Morgan fingerprint density at radius 3 is 0.866 bits per heavy atom. The van der Waals surface area contributed by atoms with E-state index in [0.717, 1.165) is 161 Å². The van der Waals surface area contributed by atoms with E-state index in [2.05, 4.69) is 154 Å². The summed E-state index contributed by atoms with van der Waals surface area (Å²) in [7, 11) is -9.79. The highest BCUT2D eigenvalue weighted by Crippen LogP contribution is 2.45. The minimum Gasteiger partial charge on any atom is -0.463 e. The number of hydrogen-bond donors (Lipinski definition) is 4. The molecule has 0 radical (unpaired) electrons. The second-order valence-electron chi connectivity index (χ2n) is 24.7. The Bertz CT molecular complexity index is 2300. The summed E-state index contributed by atoms with van der Waals surface area (Å²) >= 11 is 0. The third kappa shape index (κ3) is 72.8. The number of aliphatic hydroxyl groups excluding tert-OH is 2. The quantitative estimate of drug-likeness (QED) is 0.0146. The smallest absolute Gasteiger partial charge is 0.463 e. The molecule has 16 nitrogen and oxygen atoms in total. The van der Waals surface area contributed by atoms with Crippen LogP contribution >= 0.6 is 15.6 Å². The predicted octanol–water partition coefficient (Wildman–Crippen LogP) is 21.5. The molecule has 0 heterocycles. The van der Waals surface area contributed by atoms with Gasteiger partial charge in [-0.1, -0.05) is 289 Å². The van der Waals surface area contributed by atoms with E-state index in [1.54, 1.807) is 0 Å². The van der Waals surface area contributed by atoms with Gasteiger partial charge in [-0.05, 0) is 116 Å². The molecule has 97 heavy (non-hydrogen) atoms. The molecule has 0 aliphatic carbocycles. The monoisotopic (exact) mass is 1400 g/mol. The van der Waals surface area contributed by atoms with Gasteiger partial charge < -0.3 is 34.2 Å². The van der Waals surface area contributed by atoms with Gasteiger partial charge in [-0.15, -0.1) is 0 Å². The van der Waals surface area contributed by atoms with Crippen molar-refractivity contribution in [2.75, 3.05) is 39.6 Å². The van der Waals surface area contributed by atoms with Gasteiger partial charge >= 0.3 is 33.6 Å². The number of aliphatic hydroxyl groups is 2. The first-order chi connectivity index (χ1) is 47.2. The first-order valence-electron chi connectivity index (χ1n) is 37.5. The molecule has 4 N–H and O–H groups in total. The van der Waals surface area contributed by atoms with E-state index in [9.17, 15) is 43.5 Å². The normalized spacial score (nSPS) is 14.8. The number of phosphoric acid groups is 2. The van der Waals surface area contributed by atoms with Crippen molar-refractivity contribution in [2.24, 2.45) is 0 Å². The predicted molar refractivity (Wildman–Crippen MR) is 399 cm³/mol. The van der Waals surface area contributed by atoms with Crippen LogP contribution in [0.25, 0.3) is 0 Å². The Kier molecular flexibility index (Phi) is 68.3. The third-order valence-corrected chi connectivity index (χ3v) is 17.3. The molecule has 0 aromatic carbocycles. The molecule has 0 saturated carbocycles. The van der Waals surface area contributed by atoms with E-state index in [1.807, 2.05) is 0 Å². The van der Waals surface area contributed by atoms with Crippen molar-refractivity contribution in [3.05, 3.63) is 134 Å². The van der Waals surface area contributed by atoms with Crippen molar-refractivity contribution in [1.82, 2.24) is 0 Å². The number of unbranched alkanes of at least 4 members (excludes halogenated alkanes) is 25. The molecule has 0 bridgehead atoms. The Morgan fingerprint density at radius 1 is 0.299 bits per heavy atom. The second kappa shape index (κ2) is 71.5. The van der Waals surface area contributed by atoms with E-state index in [0.29, 0.717) is 19.3 Å². The van der Waals surface area contributed by atoms with Crippen LogP contribution in [-0.4, -0.2) is 95.9 Å². The second-order valence-corrected chi connectivity index (χ2v) is 27.6. The van der Waals surface area contributed by atoms with E-state index < -0.39 is 91.5 Å². The van der Waals surface area contributed by atoms with Gasteiger partial charge in [-0.2, -0.15) is 0 Å². The summed E-state index contributed by atoms with van der Waals surface area (Å²) < 4.78 is 61.0. The number of phosphoric ester groups is 2. The van der Waals surface area contributed by atoms with Crippen LogP contribution in [0.15, 0.2) is 134 Å². The minimum absolute atomic E-state index is 0.0999. The van der Waals surface area contributed by atoms with Crippen LogP contribution in [0.4, 0.5) is 0 Å². The largest absolute Gasteiger partial charge is 0.472 e. The fraction of sp³-hybridized carbons (Fsp3) is 0.684. The van der Waals surface area contributed by atoms with Crippen LogP contribution in [0.5, 0.6) is 0 Å². The van der Waals surface area contributed by atoms with Crippen molar-refractivity contribution in [1.29, 1.82) is 0 Å². The first kappa shape index (κ1) is 92.7. The minimum atomic E-state index is -4.93. The zero-order chi connectivity index (χ0) is 70.9. The number of rotatable bonds is 70. The molecule has 0 rings (SSSR count). The van der Waals surface area contributed by atoms with Gasteiger partial charge in [0.1, 0.15) is 25.4 Å². The molecule has 0 spiro atoms. The lowest BCUT2D eigenvalue weighted by Gasteiger charge is -2.21. The van der Waals surface area contributed by atoms with Crippen molar-refractivity contribution >= 4 is 33.6 Å². The molecule has 0 aromatic heterocycles. The van der Waals surface area contributed by atoms with Crippen LogP contribution in [0.1, 0.15) is 290 Å². The lowest BCUT2D eigenvalue weighted by Crippen LogP contribution is -2.30. The average molecular weight is 1400 g/mol. The van der Waals surface area contributed by atoms with E-state index >= 15 is 0 Å². The Hall–Kier alpha value is -4.31. The summed E-state index contributed by atoms with van der Waals surface area (Å²) in [5.41, 5.74) is 0. The van der Waals surface area contributed by atoms with Crippen LogP contribution in [0, 0.1) is 0 Å². The molecule has 0 amide bonds. The molecule has 5 atom stereocenters. The molecule has 5 unspecified atom stereocenters. The summed E-state index contributed by atoms with van der Waals surface area (Å²) in [5, 5.41) is 20.6. The molecule has 0 aliphatic rings. The summed E-state index contributed by atoms with van der Waals surface area (Å²) in [6, 6.07) is 0. The molecule has 18 heteroatoms. The number of allylic oxidation sites excluding steroid dienone is 22. The van der Waals surface area contributed by atoms with Crippen LogP contribution in [0.3, 0.4) is 0 Å². The maximum Gasteiger partial charge on any atom is 0.472 e. The van der Waals surface area contributed by atoms with Crippen LogP contribution in [0.2, 0.25) is 0 Å². The fourth-order valence-corrected chi connectivity index (χ4v) is 11.3. The van der Waals surface area contributed by atoms with Crippen molar-refractivity contribution in [2.45, 2.75) is 309 Å². The highest BCUT2D eigenvalue weighted by Gasteiger charge is 2.29. The highest BCUT2D eigenvalue weighted by atomic mass is 31.2. The van der Waals surface area contributed by atoms with Gasteiger partial charge in [-0.25, -0.2) is 9.13 Å². The number of esters is 3. The summed E-state index contributed by atoms with van der Waals surface area (Å²) in [5.74, 6) is -1.60. The van der Waals surface area contributed by atoms with Crippen LogP contribution in [-0.2, 0) is 55.8 Å². The maximum absolute atomic E-state index is 12.9. The van der Waals surface area contributed by atoms with E-state index in [-0.39, 0.29) is 19.3 Å². The number of carbonyl (C=O) groups excluding carboxylic acids is 3. The Morgan fingerprint density at radius 2 is 0.546 bits per heavy atom. The highest BCUT2D eigenvalue weighted by molar-refractivity contribution is 7.47. The molecule has 0 fully saturated rings. The summed E-state index contributed by atoms with van der Waals surface area (Å²) in [6.45, 7) is 2.41. The molecular weight excluding hydrogens is 1270 g/mol. The van der Waals surface area contributed by atoms with Gasteiger partial charge in [0, 0.05) is 19.3 Å². The lowest BCUT2D eigenvalue weighted by molar-refractivity contribution is -0.161. The van der Waals surface area contributed by atoms with Gasteiger partial charge in [0.25, 0.3) is 0 Å². The average Bonchev–Trinajstić information content (AvgIpc) is 3.74. The topological polar surface area (TPSA) is 231 Å². The van der Waals surface area contributed by atoms with Crippen molar-refractivity contribution in [3.63, 3.8) is 0 Å². The van der Waals surface area contributed by atoms with Crippen molar-refractivity contribution in [3.8, 4) is 0 Å². The first-order valence-corrected chi connectivity index (χ1v) is 40.5. The third-order valence-electron chi connectivity index (χ3n) is 15.4. The molecular formula is C79H134O16P2. The Labute approximate surface area is 588 Å². The van der Waals surface area contributed by atoms with Gasteiger partial charge in [0.2, 0.25) is 0 Å². The standard InChI is InChI=1S/C79H134O16P2/c1-4-7-10-13-16-19-22-24-26-28-30-32-33-34-35-36-37-38-39-41-43-44-46-48-51-53-56-59-62-65-77(82)89-68-74(80)69-91-96(85,86)92-70-75(81)71-93-97(87,88)94-73-76(95-79(84)67-64-61-58-55-50-21-18-15-12-9-6-3)72-90-78(83)66-63-60-57-54-52-49-47-45-42-40-31-29-27-25-23-20-17-14-11-8-5-2/h7-8,10-11,16-17,19-20,24-27,30-32,34-35,37-38,40,45,47,74-76,80-81H,4-6,9,12-15,18,21-23,28-29,33,36,39,41-44,46,48-73H2,1-3H3,(H,85,86)(H,87,88)/b10-7-,11-8-,19-16-,20-17-,26-24-,27-25-,32-30-,35-34-,38-37-,40-31-,47-45-. The fourth-order valence-electron chi connectivity index (χ4n) is 9.72. The van der Waals surface area contributed by atoms with Gasteiger partial charge in [0.15, 0.2) is 6.10 Å². The van der Waals surface area contributed by atoms with Gasteiger partial charge in [0.05, 0.1) is 26.4 Å². The lowest BCUT2D eigenvalue weighted by atomic mass is 10.1. The zero-order valence-corrected chi connectivity index (χ0v) is 62.2. The summed E-state index contributed by atoms with van der Waals surface area (Å²) in [4.78, 5) is 58.5. The molecule has 0 saturated heterocycles. The number of ether oxygens (including phenoxy) is 3. The molecule has 0 aliphatic heterocycles. The summed E-state index contributed by atoms with van der Waals surface area (Å²) in [6.07, 6.45) is 85.1. The maximum atomic E-state index is 12.9. The number of hydrogen-bond acceptors (Lipinski definition) is 14. The molecule has 556 valence electrons. The zero-order valence-electron chi connectivity index (χ0n) is 60.5. The molecule has 0 aromatic rings. The van der Waals surface area contributed by atoms with Gasteiger partial charge in [-0.3, -0.25) is 32.5 Å². The van der Waals surface area contributed by atoms with E-state index in [4.69, 9.17) is 32.3 Å². The van der Waals surface area contributed by atoms with Crippen LogP contribution < -0.4 is 0 Å².